The van der Waals surface area contributed by atoms with Gasteiger partial charge < -0.3 is 4.98 Å². The van der Waals surface area contributed by atoms with E-state index < -0.39 is 0 Å². The number of aromatic amines is 1. The average molecular weight is 311 g/mol. The lowest BCUT2D eigenvalue weighted by Gasteiger charge is -2.04. The Balaban J connectivity index is 2.52. The molecule has 0 bridgehead atoms. The molecule has 0 radical (unpaired) electrons. The van der Waals surface area contributed by atoms with Gasteiger partial charge in [-0.3, -0.25) is 4.79 Å². The average Bonchev–Trinajstić information content (AvgIpc) is 2.27. The summed E-state index contributed by atoms with van der Waals surface area (Å²) in [6.45, 7) is 2.02. The van der Waals surface area contributed by atoms with Gasteiger partial charge in [-0.05, 0) is 24.6 Å². The highest BCUT2D eigenvalue weighted by Gasteiger charge is 2.06. The summed E-state index contributed by atoms with van der Waals surface area (Å²) in [5.41, 5.74) is 1.05. The molecule has 1 aromatic heterocycles. The summed E-state index contributed by atoms with van der Waals surface area (Å²) in [6, 6.07) is 5.90. The number of aromatic nitrogens is 2. The fourth-order valence-corrected chi connectivity index (χ4v) is 2.18. The van der Waals surface area contributed by atoms with Crippen LogP contribution in [0.3, 0.4) is 0 Å². The third-order valence-electron chi connectivity index (χ3n) is 2.44. The minimum Gasteiger partial charge on any atom is -0.307 e. The molecule has 0 saturated heterocycles. The van der Waals surface area contributed by atoms with Crippen LogP contribution < -0.4 is 5.56 Å². The number of halogens is 2. The molecule has 0 aliphatic rings. The lowest BCUT2D eigenvalue weighted by atomic mass is 10.2. The maximum Gasteiger partial charge on any atom is 0.251 e. The minimum absolute atomic E-state index is 0.219. The van der Waals surface area contributed by atoms with Crippen LogP contribution in [0.5, 0.6) is 0 Å². The van der Waals surface area contributed by atoms with E-state index >= 15 is 0 Å². The molecule has 0 aliphatic heterocycles. The molecule has 1 heterocycles. The molecule has 3 nitrogen and oxygen atoms in total. The molecule has 5 heteroatoms. The number of rotatable bonds is 3. The van der Waals surface area contributed by atoms with E-state index in [0.717, 1.165) is 18.5 Å². The molecule has 18 heavy (non-hydrogen) atoms. The Morgan fingerprint density at radius 1 is 1.33 bits per heavy atom. The molecule has 0 saturated carbocycles. The molecular weight excluding hydrogens is 299 g/mol. The summed E-state index contributed by atoms with van der Waals surface area (Å²) in [5, 5.41) is 0. The molecule has 0 aliphatic carbocycles. The van der Waals surface area contributed by atoms with Gasteiger partial charge in [0, 0.05) is 21.8 Å². The first-order valence-electron chi connectivity index (χ1n) is 5.65. The number of nitrogens with zero attached hydrogens (tertiary/aromatic N) is 1. The number of nitrogens with one attached hydrogen (secondary N) is 1. The smallest absolute Gasteiger partial charge is 0.251 e. The molecular formula is C13H12BrFN2O. The van der Waals surface area contributed by atoms with Gasteiger partial charge in [-0.1, -0.05) is 29.3 Å². The van der Waals surface area contributed by atoms with Crippen molar-refractivity contribution in [2.75, 3.05) is 0 Å². The highest BCUT2D eigenvalue weighted by Crippen LogP contribution is 2.21. The molecule has 1 aromatic carbocycles. The quantitative estimate of drug-likeness (QED) is 0.945. The highest BCUT2D eigenvalue weighted by molar-refractivity contribution is 9.10. The van der Waals surface area contributed by atoms with Gasteiger partial charge in [-0.2, -0.15) is 0 Å². The van der Waals surface area contributed by atoms with E-state index in [0.29, 0.717) is 15.9 Å². The van der Waals surface area contributed by atoms with Crippen LogP contribution in [0.15, 0.2) is 33.5 Å². The zero-order chi connectivity index (χ0) is 13.1. The third kappa shape index (κ3) is 3.04. The zero-order valence-corrected chi connectivity index (χ0v) is 11.4. The van der Waals surface area contributed by atoms with Crippen LogP contribution in [0.4, 0.5) is 4.39 Å². The Labute approximate surface area is 112 Å². The van der Waals surface area contributed by atoms with Crippen LogP contribution >= 0.6 is 15.9 Å². The molecule has 0 atom stereocenters. The first-order chi connectivity index (χ1) is 8.58. The van der Waals surface area contributed by atoms with Crippen LogP contribution in [0.2, 0.25) is 0 Å². The highest BCUT2D eigenvalue weighted by atomic mass is 79.9. The lowest BCUT2D eigenvalue weighted by Crippen LogP contribution is -2.10. The Morgan fingerprint density at radius 3 is 2.78 bits per heavy atom. The number of hydrogen-bond donors (Lipinski definition) is 1. The van der Waals surface area contributed by atoms with Crippen LogP contribution in [0.25, 0.3) is 11.4 Å². The Hall–Kier alpha value is -1.49. The van der Waals surface area contributed by atoms with Crippen molar-refractivity contribution >= 4 is 15.9 Å². The van der Waals surface area contributed by atoms with E-state index in [9.17, 15) is 9.18 Å². The van der Waals surface area contributed by atoms with E-state index in [1.807, 2.05) is 6.92 Å². The number of H-pyrrole nitrogens is 1. The fraction of sp³-hybridized carbons (Fsp3) is 0.231. The molecule has 0 unspecified atom stereocenters. The molecule has 94 valence electrons. The number of benzene rings is 1. The molecule has 2 aromatic rings. The van der Waals surface area contributed by atoms with Crippen molar-refractivity contribution in [2.45, 2.75) is 19.8 Å². The van der Waals surface area contributed by atoms with Crippen molar-refractivity contribution in [3.05, 3.63) is 50.6 Å². The van der Waals surface area contributed by atoms with Gasteiger partial charge in [0.1, 0.15) is 11.6 Å². The second-order valence-corrected chi connectivity index (χ2v) is 4.91. The third-order valence-corrected chi connectivity index (χ3v) is 2.89. The first kappa shape index (κ1) is 13.0. The summed E-state index contributed by atoms with van der Waals surface area (Å²) < 4.78 is 13.9. The Bertz CT molecular complexity index is 604. The molecule has 2 rings (SSSR count). The summed E-state index contributed by atoms with van der Waals surface area (Å²) in [6.07, 6.45) is 1.64. The van der Waals surface area contributed by atoms with Crippen molar-refractivity contribution < 1.29 is 4.39 Å². The molecule has 0 spiro atoms. The predicted octanol–water partition coefficient (Wildman–Crippen LogP) is 3.29. The van der Waals surface area contributed by atoms with E-state index in [-0.39, 0.29) is 11.4 Å². The maximum absolute atomic E-state index is 13.3. The van der Waals surface area contributed by atoms with Crippen LogP contribution in [-0.4, -0.2) is 9.97 Å². The SMILES string of the molecule is CCCc1cc(=O)[nH]c(-c2cc(F)cc(Br)c2)n1. The van der Waals surface area contributed by atoms with E-state index in [1.165, 1.54) is 18.2 Å². The van der Waals surface area contributed by atoms with E-state index in [4.69, 9.17) is 0 Å². The minimum atomic E-state index is -0.372. The van der Waals surface area contributed by atoms with Gasteiger partial charge in [-0.25, -0.2) is 9.37 Å². The van der Waals surface area contributed by atoms with Crippen molar-refractivity contribution in [3.63, 3.8) is 0 Å². The first-order valence-corrected chi connectivity index (χ1v) is 6.44. The molecule has 1 N–H and O–H groups in total. The largest absolute Gasteiger partial charge is 0.307 e. The van der Waals surface area contributed by atoms with E-state index in [1.54, 1.807) is 6.07 Å². The van der Waals surface area contributed by atoms with Gasteiger partial charge in [0.25, 0.3) is 5.56 Å². The number of hydrogen-bond acceptors (Lipinski definition) is 2. The van der Waals surface area contributed by atoms with Crippen molar-refractivity contribution in [2.24, 2.45) is 0 Å². The van der Waals surface area contributed by atoms with Gasteiger partial charge in [0.2, 0.25) is 0 Å². The Kier molecular flexibility index (Phi) is 3.91. The fourth-order valence-electron chi connectivity index (χ4n) is 1.72. The summed E-state index contributed by atoms with van der Waals surface area (Å²) in [5.74, 6) is 0.0223. The zero-order valence-electron chi connectivity index (χ0n) is 9.84. The molecule has 0 amide bonds. The van der Waals surface area contributed by atoms with Crippen LogP contribution in [0.1, 0.15) is 19.0 Å². The Morgan fingerprint density at radius 2 is 2.11 bits per heavy atom. The van der Waals surface area contributed by atoms with Crippen LogP contribution in [-0.2, 0) is 6.42 Å². The second kappa shape index (κ2) is 5.44. The second-order valence-electron chi connectivity index (χ2n) is 3.99. The van der Waals surface area contributed by atoms with Gasteiger partial charge in [0.15, 0.2) is 0 Å². The van der Waals surface area contributed by atoms with Gasteiger partial charge in [-0.15, -0.1) is 0 Å². The van der Waals surface area contributed by atoms with Crippen molar-refractivity contribution in [1.82, 2.24) is 9.97 Å². The summed E-state index contributed by atoms with van der Waals surface area (Å²) >= 11 is 3.22. The maximum atomic E-state index is 13.3. The van der Waals surface area contributed by atoms with Gasteiger partial charge >= 0.3 is 0 Å². The molecule has 0 fully saturated rings. The van der Waals surface area contributed by atoms with Crippen LogP contribution in [0, 0.1) is 5.82 Å². The number of aryl methyl sites for hydroxylation is 1. The predicted molar refractivity (Wildman–Crippen MR) is 71.9 cm³/mol. The van der Waals surface area contributed by atoms with Gasteiger partial charge in [0.05, 0.1) is 0 Å². The summed E-state index contributed by atoms with van der Waals surface area (Å²) in [4.78, 5) is 18.5. The van der Waals surface area contributed by atoms with Crippen molar-refractivity contribution in [1.29, 1.82) is 0 Å². The van der Waals surface area contributed by atoms with Crippen molar-refractivity contribution in [3.8, 4) is 11.4 Å². The normalized spacial score (nSPS) is 10.6. The monoisotopic (exact) mass is 310 g/mol. The van der Waals surface area contributed by atoms with E-state index in [2.05, 4.69) is 25.9 Å². The topological polar surface area (TPSA) is 45.8 Å². The summed E-state index contributed by atoms with van der Waals surface area (Å²) in [7, 11) is 0. The lowest BCUT2D eigenvalue weighted by molar-refractivity contribution is 0.627. The standard InChI is InChI=1S/C13H12BrFN2O/c1-2-3-11-7-12(18)17-13(16-11)8-4-9(14)6-10(15)5-8/h4-7H,2-3H2,1H3,(H,16,17,18).